The molecule has 22 heavy (non-hydrogen) atoms. The van der Waals surface area contributed by atoms with Crippen LogP contribution < -0.4 is 5.32 Å². The van der Waals surface area contributed by atoms with Gasteiger partial charge in [-0.25, -0.2) is 0 Å². The SMILES string of the molecule is C=CCCC(CC(=C)C)(CC(=C)C)Nc1ccccc1C=C. The summed E-state index contributed by atoms with van der Waals surface area (Å²) in [4.78, 5) is 0. The molecule has 0 aliphatic rings. The number of allylic oxidation sites excluding steroid dienone is 1. The van der Waals surface area contributed by atoms with Crippen LogP contribution in [0.3, 0.4) is 0 Å². The van der Waals surface area contributed by atoms with Gasteiger partial charge in [-0.05, 0) is 51.2 Å². The van der Waals surface area contributed by atoms with E-state index in [4.69, 9.17) is 0 Å². The highest BCUT2D eigenvalue weighted by molar-refractivity contribution is 5.66. The number of rotatable bonds is 10. The average molecular weight is 295 g/mol. The monoisotopic (exact) mass is 295 g/mol. The fraction of sp³-hybridized carbons (Fsp3) is 0.333. The maximum absolute atomic E-state index is 4.12. The molecular weight excluding hydrogens is 266 g/mol. The Morgan fingerprint density at radius 3 is 2.18 bits per heavy atom. The van der Waals surface area contributed by atoms with E-state index in [1.54, 1.807) is 0 Å². The summed E-state index contributed by atoms with van der Waals surface area (Å²) in [6.07, 6.45) is 7.67. The minimum Gasteiger partial charge on any atom is -0.378 e. The fourth-order valence-electron chi connectivity index (χ4n) is 3.00. The van der Waals surface area contributed by atoms with Crippen LogP contribution in [-0.4, -0.2) is 5.54 Å². The molecule has 0 heterocycles. The van der Waals surface area contributed by atoms with Gasteiger partial charge in [0, 0.05) is 11.2 Å². The molecule has 1 N–H and O–H groups in total. The molecule has 0 saturated carbocycles. The van der Waals surface area contributed by atoms with E-state index < -0.39 is 0 Å². The quantitative estimate of drug-likeness (QED) is 0.494. The second-order valence-electron chi connectivity index (χ2n) is 6.29. The lowest BCUT2D eigenvalue weighted by molar-refractivity contribution is 0.426. The Labute approximate surface area is 136 Å². The maximum Gasteiger partial charge on any atom is 0.0450 e. The van der Waals surface area contributed by atoms with Crippen LogP contribution in [-0.2, 0) is 0 Å². The number of nitrogens with one attached hydrogen (secondary N) is 1. The Morgan fingerprint density at radius 1 is 1.09 bits per heavy atom. The zero-order valence-corrected chi connectivity index (χ0v) is 14.1. The van der Waals surface area contributed by atoms with Crippen LogP contribution in [0.4, 0.5) is 5.69 Å². The topological polar surface area (TPSA) is 12.0 Å². The zero-order valence-electron chi connectivity index (χ0n) is 14.1. The van der Waals surface area contributed by atoms with Crippen molar-refractivity contribution in [1.82, 2.24) is 0 Å². The molecule has 0 aromatic heterocycles. The maximum atomic E-state index is 4.12. The van der Waals surface area contributed by atoms with E-state index in [9.17, 15) is 0 Å². The number of hydrogen-bond donors (Lipinski definition) is 1. The van der Waals surface area contributed by atoms with Gasteiger partial charge in [-0.15, -0.1) is 19.7 Å². The van der Waals surface area contributed by atoms with Crippen molar-refractivity contribution in [3.05, 3.63) is 73.4 Å². The normalized spacial score (nSPS) is 10.8. The highest BCUT2D eigenvalue weighted by atomic mass is 15.0. The first-order valence-corrected chi connectivity index (χ1v) is 7.82. The molecule has 0 aliphatic carbocycles. The van der Waals surface area contributed by atoms with E-state index >= 15 is 0 Å². The first kappa shape index (κ1) is 18.0. The number of hydrogen-bond acceptors (Lipinski definition) is 1. The van der Waals surface area contributed by atoms with Crippen molar-refractivity contribution in [2.45, 2.75) is 45.1 Å². The van der Waals surface area contributed by atoms with Gasteiger partial charge in [0.2, 0.25) is 0 Å². The minimum atomic E-state index is -0.0784. The predicted molar refractivity (Wildman–Crippen MR) is 101 cm³/mol. The number of anilines is 1. The third-order valence-corrected chi connectivity index (χ3v) is 3.69. The van der Waals surface area contributed by atoms with E-state index in [1.165, 1.54) is 11.1 Å². The lowest BCUT2D eigenvalue weighted by Gasteiger charge is -2.37. The van der Waals surface area contributed by atoms with Gasteiger partial charge in [0.1, 0.15) is 0 Å². The molecule has 0 saturated heterocycles. The second kappa shape index (κ2) is 8.43. The Morgan fingerprint density at radius 2 is 1.68 bits per heavy atom. The van der Waals surface area contributed by atoms with E-state index in [0.717, 1.165) is 36.9 Å². The van der Waals surface area contributed by atoms with Gasteiger partial charge in [0.15, 0.2) is 0 Å². The molecule has 0 spiro atoms. The fourth-order valence-corrected chi connectivity index (χ4v) is 3.00. The first-order valence-electron chi connectivity index (χ1n) is 7.82. The standard InChI is InChI=1S/C21H29N/c1-7-9-14-21(15-17(3)4,16-18(5)6)22-20-13-11-10-12-19(20)8-2/h7-8,10-13,22H,1-3,5,9,14-16H2,4,6H3. The van der Waals surface area contributed by atoms with E-state index in [0.29, 0.717) is 0 Å². The average Bonchev–Trinajstić information content (AvgIpc) is 2.44. The van der Waals surface area contributed by atoms with Gasteiger partial charge in [-0.2, -0.15) is 0 Å². The second-order valence-corrected chi connectivity index (χ2v) is 6.29. The van der Waals surface area contributed by atoms with Crippen LogP contribution in [0.1, 0.15) is 45.1 Å². The smallest absolute Gasteiger partial charge is 0.0450 e. The van der Waals surface area contributed by atoms with Crippen LogP contribution in [0.5, 0.6) is 0 Å². The highest BCUT2D eigenvalue weighted by Crippen LogP contribution is 2.34. The van der Waals surface area contributed by atoms with Crippen molar-refractivity contribution >= 4 is 11.8 Å². The Kier molecular flexibility index (Phi) is 6.91. The van der Waals surface area contributed by atoms with E-state index in [2.05, 4.69) is 63.7 Å². The van der Waals surface area contributed by atoms with Crippen molar-refractivity contribution < 1.29 is 0 Å². The summed E-state index contributed by atoms with van der Waals surface area (Å²) in [6, 6.07) is 8.27. The van der Waals surface area contributed by atoms with Crippen molar-refractivity contribution in [2.75, 3.05) is 5.32 Å². The first-order chi connectivity index (χ1) is 10.4. The molecule has 1 heteroatoms. The van der Waals surface area contributed by atoms with E-state index in [1.807, 2.05) is 18.2 Å². The summed E-state index contributed by atoms with van der Waals surface area (Å²) >= 11 is 0. The molecule has 118 valence electrons. The predicted octanol–water partition coefficient (Wildman–Crippen LogP) is 6.38. The van der Waals surface area contributed by atoms with Crippen LogP contribution in [0.25, 0.3) is 6.08 Å². The van der Waals surface area contributed by atoms with Gasteiger partial charge in [0.25, 0.3) is 0 Å². The molecule has 1 aromatic rings. The van der Waals surface area contributed by atoms with Crippen LogP contribution in [0.15, 0.2) is 67.8 Å². The molecule has 1 aromatic carbocycles. The van der Waals surface area contributed by atoms with Crippen molar-refractivity contribution in [2.24, 2.45) is 0 Å². The molecular formula is C21H29N. The van der Waals surface area contributed by atoms with Crippen molar-refractivity contribution in [1.29, 1.82) is 0 Å². The molecule has 0 atom stereocenters. The molecule has 0 radical (unpaired) electrons. The molecule has 1 rings (SSSR count). The molecule has 0 amide bonds. The molecule has 0 unspecified atom stereocenters. The molecule has 0 fully saturated rings. The summed E-state index contributed by atoms with van der Waals surface area (Å²) < 4.78 is 0. The van der Waals surface area contributed by atoms with Gasteiger partial charge >= 0.3 is 0 Å². The van der Waals surface area contributed by atoms with Crippen LogP contribution in [0, 0.1) is 0 Å². The lowest BCUT2D eigenvalue weighted by Crippen LogP contribution is -2.39. The van der Waals surface area contributed by atoms with Crippen molar-refractivity contribution in [3.8, 4) is 0 Å². The van der Waals surface area contributed by atoms with Gasteiger partial charge in [0.05, 0.1) is 0 Å². The minimum absolute atomic E-state index is 0.0784. The van der Waals surface area contributed by atoms with Gasteiger partial charge in [-0.3, -0.25) is 0 Å². The summed E-state index contributed by atoms with van der Waals surface area (Å²) in [5.74, 6) is 0. The third kappa shape index (κ3) is 5.40. The Balaban J connectivity index is 3.19. The Hall–Kier alpha value is -2.02. The molecule has 0 aliphatic heterocycles. The number of para-hydroxylation sites is 1. The Bertz CT molecular complexity index is 535. The summed E-state index contributed by atoms with van der Waals surface area (Å²) in [6.45, 7) is 20.2. The summed E-state index contributed by atoms with van der Waals surface area (Å²) in [7, 11) is 0. The molecule has 1 nitrogen and oxygen atoms in total. The summed E-state index contributed by atoms with van der Waals surface area (Å²) in [5, 5.41) is 3.77. The van der Waals surface area contributed by atoms with Gasteiger partial charge < -0.3 is 5.32 Å². The highest BCUT2D eigenvalue weighted by Gasteiger charge is 2.29. The van der Waals surface area contributed by atoms with Crippen LogP contribution in [0.2, 0.25) is 0 Å². The van der Waals surface area contributed by atoms with Crippen LogP contribution >= 0.6 is 0 Å². The number of benzene rings is 1. The third-order valence-electron chi connectivity index (χ3n) is 3.69. The van der Waals surface area contributed by atoms with E-state index in [-0.39, 0.29) is 5.54 Å². The zero-order chi connectivity index (χ0) is 16.6. The van der Waals surface area contributed by atoms with Crippen molar-refractivity contribution in [3.63, 3.8) is 0 Å². The summed E-state index contributed by atoms with van der Waals surface area (Å²) in [5.41, 5.74) is 4.51. The van der Waals surface area contributed by atoms with Gasteiger partial charge in [-0.1, -0.05) is 48.1 Å². The lowest BCUT2D eigenvalue weighted by atomic mass is 9.81. The molecule has 0 bridgehead atoms. The largest absolute Gasteiger partial charge is 0.378 e.